The van der Waals surface area contributed by atoms with E-state index in [1.807, 2.05) is 6.92 Å². The van der Waals surface area contributed by atoms with Crippen LogP contribution in [0.25, 0.3) is 6.08 Å². The zero-order chi connectivity index (χ0) is 20.2. The highest BCUT2D eigenvalue weighted by Crippen LogP contribution is 2.63. The van der Waals surface area contributed by atoms with E-state index in [1.165, 1.54) is 19.2 Å². The number of hydrogen-bond donors (Lipinski definition) is 0. The highest BCUT2D eigenvalue weighted by Gasteiger charge is 2.64. The van der Waals surface area contributed by atoms with Crippen molar-refractivity contribution in [3.8, 4) is 5.95 Å². The molecule has 4 nitrogen and oxygen atoms in total. The highest BCUT2D eigenvalue weighted by atomic mass is 19.1. The van der Waals surface area contributed by atoms with Crippen molar-refractivity contribution < 1.29 is 22.7 Å². The third-order valence-corrected chi connectivity index (χ3v) is 6.02. The Kier molecular flexibility index (Phi) is 4.42. The fraction of sp³-hybridized carbons (Fsp3) is 0.409. The normalized spacial score (nSPS) is 26.3. The minimum Gasteiger partial charge on any atom is -0.468 e. The van der Waals surface area contributed by atoms with Gasteiger partial charge in [-0.1, -0.05) is 11.6 Å². The Hall–Kier alpha value is -2.47. The first-order chi connectivity index (χ1) is 13.3. The number of rotatable bonds is 4. The lowest BCUT2D eigenvalue weighted by Crippen LogP contribution is -2.46. The zero-order valence-electron chi connectivity index (χ0n) is 16.3. The van der Waals surface area contributed by atoms with E-state index in [0.29, 0.717) is 29.1 Å². The van der Waals surface area contributed by atoms with Gasteiger partial charge in [-0.05, 0) is 45.2 Å². The highest BCUT2D eigenvalue weighted by molar-refractivity contribution is 5.55. The summed E-state index contributed by atoms with van der Waals surface area (Å²) >= 11 is 0. The molecule has 2 saturated heterocycles. The number of hydrogen-bond acceptors (Lipinski definition) is 4. The summed E-state index contributed by atoms with van der Waals surface area (Å²) in [6, 6.07) is 3.52. The lowest BCUT2D eigenvalue weighted by molar-refractivity contribution is -0.0629. The Morgan fingerprint density at radius 2 is 2.04 bits per heavy atom. The second kappa shape index (κ2) is 6.55. The van der Waals surface area contributed by atoms with E-state index in [9.17, 15) is 13.6 Å². The van der Waals surface area contributed by atoms with Gasteiger partial charge in [0.1, 0.15) is 23.0 Å². The molecule has 0 amide bonds. The van der Waals surface area contributed by atoms with Crippen LogP contribution in [-0.4, -0.2) is 13.7 Å². The van der Waals surface area contributed by atoms with Gasteiger partial charge >= 0.3 is 0 Å². The number of methoxy groups -OCH3 is 1. The van der Waals surface area contributed by atoms with Crippen LogP contribution in [0.3, 0.4) is 0 Å². The summed E-state index contributed by atoms with van der Waals surface area (Å²) in [5.41, 5.74) is 1.26. The van der Waals surface area contributed by atoms with Gasteiger partial charge in [-0.2, -0.15) is 0 Å². The first kappa shape index (κ1) is 18.9. The molecule has 28 heavy (non-hydrogen) atoms. The first-order valence-electron chi connectivity index (χ1n) is 9.24. The molecule has 1 aromatic carbocycles. The SMILES string of the molecule is COc1oc([C@]23CC(CO2)C3C(C)=Cc2ccc(F)cc2F)c(C)c(=O)c1C. The standard InChI is InChI=1S/C22H22F2O4/c1-11(7-14-5-6-16(23)8-17(14)24)18-15-9-22(18,27-10-15)20-12(2)19(25)13(3)21(26-4)28-20/h5-8,15,18H,9-10H2,1-4H3/t15?,18?,22-/m1/s1. The van der Waals surface area contributed by atoms with Crippen molar-refractivity contribution in [1.29, 1.82) is 0 Å². The van der Waals surface area contributed by atoms with Crippen molar-refractivity contribution in [3.63, 3.8) is 0 Å². The Labute approximate surface area is 161 Å². The maximum Gasteiger partial charge on any atom is 0.291 e. The van der Waals surface area contributed by atoms with Gasteiger partial charge in [-0.15, -0.1) is 0 Å². The van der Waals surface area contributed by atoms with Gasteiger partial charge in [0.15, 0.2) is 5.43 Å². The molecule has 1 aromatic heterocycles. The lowest BCUT2D eigenvalue weighted by atomic mass is 9.59. The molecule has 3 aliphatic rings. The van der Waals surface area contributed by atoms with Gasteiger partial charge in [0, 0.05) is 23.1 Å². The Balaban J connectivity index is 1.78. The molecule has 1 saturated carbocycles. The maximum atomic E-state index is 14.1. The summed E-state index contributed by atoms with van der Waals surface area (Å²) in [4.78, 5) is 12.6. The quantitative estimate of drug-likeness (QED) is 0.773. The van der Waals surface area contributed by atoms with E-state index in [0.717, 1.165) is 18.1 Å². The average molecular weight is 388 g/mol. The summed E-state index contributed by atoms with van der Waals surface area (Å²) in [5, 5.41) is 0. The topological polar surface area (TPSA) is 48.7 Å². The summed E-state index contributed by atoms with van der Waals surface area (Å²) < 4.78 is 44.6. The molecule has 3 heterocycles. The Morgan fingerprint density at radius 3 is 2.68 bits per heavy atom. The van der Waals surface area contributed by atoms with Gasteiger partial charge in [0.2, 0.25) is 0 Å². The first-order valence-corrected chi connectivity index (χ1v) is 9.24. The van der Waals surface area contributed by atoms with Gasteiger partial charge < -0.3 is 13.9 Å². The van der Waals surface area contributed by atoms with Crippen molar-refractivity contribution in [2.45, 2.75) is 32.8 Å². The third-order valence-electron chi connectivity index (χ3n) is 6.02. The van der Waals surface area contributed by atoms with Gasteiger partial charge in [0.05, 0.1) is 19.3 Å². The predicted octanol–water partition coefficient (Wildman–Crippen LogP) is 4.51. The second-order valence-corrected chi connectivity index (χ2v) is 7.70. The van der Waals surface area contributed by atoms with Crippen LogP contribution in [0, 0.1) is 37.3 Å². The minimum atomic E-state index is -0.758. The summed E-state index contributed by atoms with van der Waals surface area (Å²) in [7, 11) is 1.46. The molecule has 2 aromatic rings. The molecule has 2 unspecified atom stereocenters. The van der Waals surface area contributed by atoms with Crippen LogP contribution >= 0.6 is 0 Å². The summed E-state index contributed by atoms with van der Waals surface area (Å²) in [5.74, 6) is -0.349. The molecule has 3 fully saturated rings. The van der Waals surface area contributed by atoms with E-state index < -0.39 is 17.2 Å². The molecule has 2 aliphatic heterocycles. The van der Waals surface area contributed by atoms with Crippen LogP contribution in [0.5, 0.6) is 5.95 Å². The van der Waals surface area contributed by atoms with Crippen LogP contribution < -0.4 is 10.2 Å². The molecule has 1 aliphatic carbocycles. The zero-order valence-corrected chi connectivity index (χ0v) is 16.3. The molecule has 6 heteroatoms. The van der Waals surface area contributed by atoms with Crippen molar-refractivity contribution in [3.05, 3.63) is 68.1 Å². The fourth-order valence-electron chi connectivity index (χ4n) is 4.73. The Bertz CT molecular complexity index is 1040. The van der Waals surface area contributed by atoms with Crippen LogP contribution in [-0.2, 0) is 10.3 Å². The van der Waals surface area contributed by atoms with E-state index in [2.05, 4.69) is 0 Å². The van der Waals surface area contributed by atoms with Gasteiger partial charge in [0.25, 0.3) is 5.95 Å². The Morgan fingerprint density at radius 1 is 1.29 bits per heavy atom. The van der Waals surface area contributed by atoms with Crippen LogP contribution in [0.1, 0.15) is 35.8 Å². The largest absolute Gasteiger partial charge is 0.468 e. The minimum absolute atomic E-state index is 0.0498. The maximum absolute atomic E-state index is 14.1. The number of fused-ring (bicyclic) bond motifs is 1. The lowest BCUT2D eigenvalue weighted by Gasteiger charge is -2.45. The molecular formula is C22H22F2O4. The van der Waals surface area contributed by atoms with E-state index in [-0.39, 0.29) is 23.2 Å². The van der Waals surface area contributed by atoms with Crippen LogP contribution in [0.15, 0.2) is 33.0 Å². The number of ether oxygens (including phenoxy) is 2. The van der Waals surface area contributed by atoms with Crippen LogP contribution in [0.2, 0.25) is 0 Å². The van der Waals surface area contributed by atoms with Gasteiger partial charge in [-0.25, -0.2) is 8.78 Å². The summed E-state index contributed by atoms with van der Waals surface area (Å²) in [6.45, 7) is 5.84. The van der Waals surface area contributed by atoms with Crippen molar-refractivity contribution in [2.24, 2.45) is 11.8 Å². The molecule has 2 bridgehead atoms. The molecule has 0 N–H and O–H groups in total. The van der Waals surface area contributed by atoms with Gasteiger partial charge in [-0.3, -0.25) is 4.79 Å². The summed E-state index contributed by atoms with van der Waals surface area (Å²) in [6.07, 6.45) is 2.44. The molecule has 0 spiro atoms. The fourth-order valence-corrected chi connectivity index (χ4v) is 4.73. The second-order valence-electron chi connectivity index (χ2n) is 7.70. The van der Waals surface area contributed by atoms with Crippen molar-refractivity contribution >= 4 is 6.08 Å². The third kappa shape index (κ3) is 2.62. The molecular weight excluding hydrogens is 366 g/mol. The van der Waals surface area contributed by atoms with E-state index in [1.54, 1.807) is 19.9 Å². The number of benzene rings is 1. The molecule has 5 rings (SSSR count). The molecule has 3 atom stereocenters. The number of halogens is 2. The molecule has 148 valence electrons. The van der Waals surface area contributed by atoms with Crippen molar-refractivity contribution in [1.82, 2.24) is 0 Å². The van der Waals surface area contributed by atoms with Crippen LogP contribution in [0.4, 0.5) is 8.78 Å². The van der Waals surface area contributed by atoms with E-state index in [4.69, 9.17) is 13.9 Å². The smallest absolute Gasteiger partial charge is 0.291 e. The van der Waals surface area contributed by atoms with Crippen molar-refractivity contribution in [2.75, 3.05) is 13.7 Å². The molecule has 0 radical (unpaired) electrons. The average Bonchev–Trinajstić information content (AvgIpc) is 3.23. The monoisotopic (exact) mass is 388 g/mol. The van der Waals surface area contributed by atoms with E-state index >= 15 is 0 Å². The predicted molar refractivity (Wildman–Crippen MR) is 100 cm³/mol.